The van der Waals surface area contributed by atoms with Gasteiger partial charge in [-0.3, -0.25) is 33.5 Å². The number of H-pyrrole nitrogens is 3. The van der Waals surface area contributed by atoms with Gasteiger partial charge in [-0.05, 0) is 367 Å². The second kappa shape index (κ2) is 56.3. The molecule has 14 aromatic rings. The van der Waals surface area contributed by atoms with Crippen molar-refractivity contribution in [2.45, 2.75) is 68.4 Å². The highest BCUT2D eigenvalue weighted by atomic mass is 127. The van der Waals surface area contributed by atoms with E-state index in [4.69, 9.17) is 77.6 Å². The summed E-state index contributed by atoms with van der Waals surface area (Å²) in [5.74, 6) is -1.05. The SMILES string of the molecule is C1CCOC1.C1CCOC1.COC(=O)OC(Cl)(Cl)Cl.Cc1ccc(S(=O)(=O)O)cc1.Cc1ccccc1-c1nc2ccc(I)cc2c(=O)[nH]1.NC(=O)c1cc(I)ccc1N.Nc1ccc(I)cc1C(=O)O.O=C1NC(c2ccccc2O)Nc2ccc(I)cc21.O=Cc1ccccc1O.O=c1[nH]c(-c2ccccc2O)nc2ccc(I)cc12.O=c1[nH]c2ccc(I)cc2c(=O)o1.[2H]CC. The number of rotatable bonds is 7. The van der Waals surface area contributed by atoms with Crippen molar-refractivity contribution in [3.05, 3.63) is 333 Å². The van der Waals surface area contributed by atoms with Gasteiger partial charge in [-0.15, -0.1) is 0 Å². The number of phenols is 3. The standard InChI is InChI=1S/C15H11IN2O.C14H11IN2O2.C14H9IN2O2.C8H4INO3.C7H7IN2O.C7H6INO2.C7H8O3S.C7H6O2.2C4H8O.C3H3Cl3O3.C2H6/c1-9-4-2-3-5-11(9)14-17-13-7-6-10(16)8-12(13)15(19)18-14;2*15-8-5-6-11-10(7-8)14(19)17-13(16-11)9-3-1-2-4-12(9)18;9-4-1-2-6-5(3-4)7(11)13-8(12)10-6;2*8-4-1-2-6(9)5(3-4)7(10)11;1-6-2-4-7(5-3-6)11(8,9)10;8-5-6-3-1-2-4-7(6)9;2*1-2-4-5-3-1;1-8-2(7)9-3(4,5)6;1-2/h2-8H,1H3,(H,17,18,19);1-7,13,16,18H,(H,17,19);1-7,18H,(H,16,17,19);1-3H,(H,10,12);1-3H,9H2,(H2,10,11);1-3H,9H2,(H,10,11);2-5H,1H3,(H,8,9,10);1-5,9H;2*1-4H2;1H3;1-2H3/i;;;;;;;;;;;1D. The third-order valence-corrected chi connectivity index (χ3v) is 22.6. The van der Waals surface area contributed by atoms with Crippen LogP contribution >= 0.6 is 170 Å². The topological polar surface area (TPSA) is 514 Å². The van der Waals surface area contributed by atoms with Crippen molar-refractivity contribution in [1.29, 1.82) is 0 Å². The van der Waals surface area contributed by atoms with E-state index in [0.29, 0.717) is 91.2 Å². The van der Waals surface area contributed by atoms with Crippen LogP contribution in [-0.2, 0) is 29.1 Å². The van der Waals surface area contributed by atoms with E-state index in [2.05, 4.69) is 162 Å². The first-order valence-electron chi connectivity index (χ1n) is 39.7. The van der Waals surface area contributed by atoms with Crippen molar-refractivity contribution >= 4 is 260 Å². The molecule has 700 valence electrons. The number of carboxylic acids is 1. The Labute approximate surface area is 860 Å². The lowest BCUT2D eigenvalue weighted by atomic mass is 10.1. The zero-order valence-corrected chi connectivity index (χ0v) is 86.7. The highest BCUT2D eigenvalue weighted by molar-refractivity contribution is 14.1. The van der Waals surface area contributed by atoms with Gasteiger partial charge in [0.1, 0.15) is 35.1 Å². The Bertz CT molecular complexity index is 6510. The number of para-hydroxylation sites is 3. The minimum Gasteiger partial charge on any atom is -0.508 e. The lowest BCUT2D eigenvalue weighted by Gasteiger charge is -2.28. The summed E-state index contributed by atoms with van der Waals surface area (Å²) in [7, 11) is -2.91. The number of aldehydes is 1. The number of alkyl halides is 3. The number of carbonyl (C=O) groups is 5. The number of aromatic amines is 3. The molecular weight excluding hydrogens is 2480 g/mol. The minimum absolute atomic E-state index is 0.0347. The van der Waals surface area contributed by atoms with Crippen LogP contribution in [0.3, 0.4) is 0 Å². The smallest absolute Gasteiger partial charge is 0.508 e. The van der Waals surface area contributed by atoms with Crippen LogP contribution in [0.15, 0.2) is 259 Å². The zero-order valence-electron chi connectivity index (χ0n) is 71.7. The molecule has 41 heteroatoms. The third-order valence-electron chi connectivity index (χ3n) is 17.5. The second-order valence-electron chi connectivity index (χ2n) is 27.0. The van der Waals surface area contributed by atoms with E-state index in [1.165, 1.54) is 49.9 Å². The highest BCUT2D eigenvalue weighted by Crippen LogP contribution is 2.33. The van der Waals surface area contributed by atoms with Crippen LogP contribution in [0.1, 0.15) is 105 Å². The Hall–Kier alpha value is -10.1. The molecule has 6 heterocycles. The summed E-state index contributed by atoms with van der Waals surface area (Å²) in [6, 6.07) is 66.0. The molecule has 0 bridgehead atoms. The molecule has 133 heavy (non-hydrogen) atoms. The summed E-state index contributed by atoms with van der Waals surface area (Å²) in [5.41, 5.74) is 24.1. The quantitative estimate of drug-likeness (QED) is 0.0176. The molecule has 2 amide bonds. The number of aromatic nitrogens is 5. The lowest BCUT2D eigenvalue weighted by molar-refractivity contribution is 0.0690. The van der Waals surface area contributed by atoms with E-state index in [0.717, 1.165) is 82.9 Å². The number of aryl methyl sites for hydroxylation is 2. The summed E-state index contributed by atoms with van der Waals surface area (Å²) in [4.78, 5) is 116. The van der Waals surface area contributed by atoms with Crippen molar-refractivity contribution in [2.75, 3.05) is 50.3 Å². The van der Waals surface area contributed by atoms with Crippen LogP contribution in [-0.4, -0.2) is 126 Å². The molecular formula is C92H87Cl3I6N10O21S. The van der Waals surface area contributed by atoms with Crippen molar-refractivity contribution in [3.63, 3.8) is 0 Å². The number of amides is 2. The molecule has 31 nitrogen and oxygen atoms in total. The number of carboxylic acid groups (broad SMARTS) is 1. The largest absolute Gasteiger partial charge is 0.511 e. The molecule has 3 aliphatic heterocycles. The van der Waals surface area contributed by atoms with E-state index in [9.17, 15) is 61.8 Å². The van der Waals surface area contributed by atoms with Crippen LogP contribution in [0.25, 0.3) is 55.5 Å². The monoisotopic (exact) mass is 2570 g/mol. The van der Waals surface area contributed by atoms with Gasteiger partial charge in [0.2, 0.25) is 0 Å². The maximum absolute atomic E-state index is 12.1. The van der Waals surface area contributed by atoms with Gasteiger partial charge >= 0.3 is 27.5 Å². The van der Waals surface area contributed by atoms with Gasteiger partial charge in [0.15, 0.2) is 6.29 Å². The van der Waals surface area contributed by atoms with Crippen LogP contribution in [0.5, 0.6) is 17.2 Å². The predicted octanol–water partition coefficient (Wildman–Crippen LogP) is 20.0. The first-order chi connectivity index (χ1) is 63.5. The number of carbonyl (C=O) groups excluding carboxylic acids is 4. The summed E-state index contributed by atoms with van der Waals surface area (Å²) in [6.45, 7) is 10.1. The fourth-order valence-corrected chi connectivity index (χ4v) is 14.7. The van der Waals surface area contributed by atoms with Gasteiger partial charge < -0.3 is 81.6 Å². The highest BCUT2D eigenvalue weighted by Gasteiger charge is 2.27. The number of anilines is 3. The first-order valence-corrected chi connectivity index (χ1v) is 48.0. The van der Waals surface area contributed by atoms with E-state index < -0.39 is 49.7 Å². The number of primary amides is 1. The molecule has 1 atom stereocenters. The van der Waals surface area contributed by atoms with E-state index in [1.807, 2.05) is 115 Å². The Morgan fingerprint density at radius 1 is 0.549 bits per heavy atom. The fraction of sp³-hybridized carbons (Fsp3) is 0.163. The van der Waals surface area contributed by atoms with Crippen LogP contribution in [0.2, 0.25) is 0 Å². The number of aromatic carboxylic acids is 1. The molecule has 2 fully saturated rings. The number of nitrogens with one attached hydrogen (secondary N) is 5. The average molecular weight is 2570 g/mol. The van der Waals surface area contributed by atoms with Crippen molar-refractivity contribution in [2.24, 2.45) is 5.73 Å². The van der Waals surface area contributed by atoms with Gasteiger partial charge in [-0.25, -0.2) is 29.1 Å². The summed E-state index contributed by atoms with van der Waals surface area (Å²) in [6.07, 6.45) is 4.28. The van der Waals surface area contributed by atoms with Crippen LogP contribution < -0.4 is 50.3 Å². The number of fused-ring (bicyclic) bond motifs is 4. The number of methoxy groups -OCH3 is 1. The van der Waals surface area contributed by atoms with Gasteiger partial charge in [0, 0.05) is 77.4 Å². The Kier molecular flexibility index (Phi) is 46.5. The normalized spacial score (nSPS) is 12.4. The van der Waals surface area contributed by atoms with E-state index in [-0.39, 0.29) is 44.7 Å². The molecule has 0 radical (unpaired) electrons. The Balaban J connectivity index is 0.000000230. The zero-order chi connectivity index (χ0) is 98.9. The molecule has 3 aromatic heterocycles. The van der Waals surface area contributed by atoms with Gasteiger partial charge in [0.05, 0.1) is 72.5 Å². The number of nitrogens with zero attached hydrogens (tertiary/aromatic N) is 2. The number of hydrogen-bond donors (Lipinski definition) is 13. The first kappa shape index (κ1) is 110. The van der Waals surface area contributed by atoms with Crippen molar-refractivity contribution < 1.29 is 82.1 Å². The number of nitrogen functional groups attached to an aromatic ring is 2. The lowest BCUT2D eigenvalue weighted by Crippen LogP contribution is -2.38. The van der Waals surface area contributed by atoms with Crippen molar-refractivity contribution in [1.82, 2.24) is 30.2 Å². The Morgan fingerprint density at radius 2 is 0.992 bits per heavy atom. The predicted molar refractivity (Wildman–Crippen MR) is 567 cm³/mol. The maximum Gasteiger partial charge on any atom is 0.511 e. The maximum atomic E-state index is 12.1. The number of phenolic OH excluding ortho intramolecular Hbond substituents is 3. The molecule has 17 rings (SSSR count). The molecule has 0 spiro atoms. The van der Waals surface area contributed by atoms with Crippen LogP contribution in [0, 0.1) is 35.3 Å². The molecule has 16 N–H and O–H groups in total. The molecule has 1 unspecified atom stereocenters. The molecule has 0 saturated carbocycles. The summed E-state index contributed by atoms with van der Waals surface area (Å²) in [5, 5.41) is 44.8. The minimum atomic E-state index is -4.02. The molecule has 3 aliphatic rings. The Morgan fingerprint density at radius 3 is 1.44 bits per heavy atom. The number of benzene rings is 11. The molecule has 11 aromatic carbocycles. The van der Waals surface area contributed by atoms with Gasteiger partial charge in [-0.2, -0.15) is 8.42 Å². The number of hydrogen-bond acceptors (Lipinski definition) is 24. The number of nitrogens with two attached hydrogens (primary N) is 3. The van der Waals surface area contributed by atoms with Crippen LogP contribution in [0.4, 0.5) is 21.9 Å². The van der Waals surface area contributed by atoms with Gasteiger partial charge in [0.25, 0.3) is 33.1 Å². The number of aromatic hydroxyl groups is 3. The fourth-order valence-electron chi connectivity index (χ4n) is 11.1. The van der Waals surface area contributed by atoms with E-state index >= 15 is 0 Å². The van der Waals surface area contributed by atoms with Crippen molar-refractivity contribution in [3.8, 4) is 40.0 Å². The number of halogens is 9. The third kappa shape index (κ3) is 37.9. The van der Waals surface area contributed by atoms with Gasteiger partial charge in [-0.1, -0.05) is 98.2 Å². The summed E-state index contributed by atoms with van der Waals surface area (Å²) >= 11 is 27.8. The average Bonchev–Trinajstić information content (AvgIpc) is 1.61. The second-order valence-corrected chi connectivity index (χ2v) is 38.1. The number of ether oxygens (including phenoxy) is 4. The van der Waals surface area contributed by atoms with E-state index in [1.54, 1.807) is 134 Å². The molecule has 2 saturated heterocycles. The summed E-state index contributed by atoms with van der Waals surface area (Å²) < 4.78 is 61.8. The molecule has 0 aliphatic carbocycles.